The minimum absolute atomic E-state index is 0.0857. The van der Waals surface area contributed by atoms with Crippen LogP contribution in [-0.2, 0) is 28.6 Å². The van der Waals surface area contributed by atoms with Crippen molar-refractivity contribution in [2.75, 3.05) is 13.2 Å². The Kier molecular flexibility index (Phi) is 47.4. The second kappa shape index (κ2) is 49.8. The lowest BCUT2D eigenvalue weighted by atomic mass is 10.0. The fourth-order valence-corrected chi connectivity index (χ4v) is 7.20. The minimum Gasteiger partial charge on any atom is -0.462 e. The van der Waals surface area contributed by atoms with Gasteiger partial charge in [0.05, 0.1) is 0 Å². The zero-order chi connectivity index (χ0) is 44.4. The van der Waals surface area contributed by atoms with E-state index in [1.807, 2.05) is 18.2 Å². The molecule has 0 aromatic rings. The molecule has 1 unspecified atom stereocenters. The molecular formula is C55H96O6. The van der Waals surface area contributed by atoms with E-state index in [-0.39, 0.29) is 31.1 Å². The molecule has 6 nitrogen and oxygen atoms in total. The third-order valence-corrected chi connectivity index (χ3v) is 11.1. The van der Waals surface area contributed by atoms with Crippen molar-refractivity contribution in [2.24, 2.45) is 0 Å². The van der Waals surface area contributed by atoms with E-state index >= 15 is 0 Å². The highest BCUT2D eigenvalue weighted by molar-refractivity contribution is 5.71. The zero-order valence-electron chi connectivity index (χ0n) is 40.2. The molecule has 0 spiro atoms. The number of hydrogen-bond acceptors (Lipinski definition) is 6. The third-order valence-electron chi connectivity index (χ3n) is 11.1. The Balaban J connectivity index is 4.35. The van der Waals surface area contributed by atoms with E-state index in [2.05, 4.69) is 63.3 Å². The second-order valence-corrected chi connectivity index (χ2v) is 17.1. The molecule has 0 rings (SSSR count). The number of carbonyl (C=O) groups is 3. The SMILES string of the molecule is CC\C=C/C=C\C=C/C=C\CCCCCCCC(=O)OC(COC(=O)CCCCCC/C=C\CCCC)COC(=O)CCCCCCCCCCCCCCCCCCCC. The fraction of sp³-hybridized carbons (Fsp3) is 0.764. The van der Waals surface area contributed by atoms with Gasteiger partial charge < -0.3 is 14.2 Å². The van der Waals surface area contributed by atoms with Crippen LogP contribution >= 0.6 is 0 Å². The fourth-order valence-electron chi connectivity index (χ4n) is 7.20. The average Bonchev–Trinajstić information content (AvgIpc) is 3.26. The predicted octanol–water partition coefficient (Wildman–Crippen LogP) is 16.9. The van der Waals surface area contributed by atoms with E-state index in [9.17, 15) is 14.4 Å². The van der Waals surface area contributed by atoms with Crippen LogP contribution in [0.2, 0.25) is 0 Å². The van der Waals surface area contributed by atoms with Crippen molar-refractivity contribution >= 4 is 17.9 Å². The normalized spacial score (nSPS) is 12.5. The van der Waals surface area contributed by atoms with Gasteiger partial charge >= 0.3 is 17.9 Å². The lowest BCUT2D eigenvalue weighted by Gasteiger charge is -2.18. The molecule has 352 valence electrons. The van der Waals surface area contributed by atoms with Crippen molar-refractivity contribution in [3.8, 4) is 0 Å². The Morgan fingerprint density at radius 2 is 0.672 bits per heavy atom. The molecule has 0 saturated heterocycles. The van der Waals surface area contributed by atoms with Crippen molar-refractivity contribution < 1.29 is 28.6 Å². The van der Waals surface area contributed by atoms with Gasteiger partial charge in [-0.15, -0.1) is 0 Å². The summed E-state index contributed by atoms with van der Waals surface area (Å²) in [7, 11) is 0. The quantitative estimate of drug-likeness (QED) is 0.0200. The van der Waals surface area contributed by atoms with Gasteiger partial charge in [-0.3, -0.25) is 14.4 Å². The molecule has 0 aliphatic rings. The Labute approximate surface area is 377 Å². The van der Waals surface area contributed by atoms with Crippen molar-refractivity contribution in [3.05, 3.63) is 60.8 Å². The van der Waals surface area contributed by atoms with Crippen molar-refractivity contribution in [2.45, 2.75) is 258 Å². The lowest BCUT2D eigenvalue weighted by Crippen LogP contribution is -2.30. The summed E-state index contributed by atoms with van der Waals surface area (Å²) < 4.78 is 16.8. The Hall–Kier alpha value is -2.89. The first kappa shape index (κ1) is 58.1. The number of esters is 3. The Bertz CT molecular complexity index is 1120. The minimum atomic E-state index is -0.788. The standard InChI is InChI=1S/C55H96O6/c1-4-7-10-13-16-19-22-24-26-27-28-30-31-33-36-39-42-45-48-54(57)60-51-52(50-59-53(56)47-44-41-38-35-21-18-15-12-9-6-3)61-55(58)49-46-43-40-37-34-32-29-25-23-20-17-14-11-8-5-2/h8,11,14-15,17-18,20,23,25,29,52H,4-7,9-10,12-13,16,19,21-22,24,26-28,30-51H2,1-3H3/b11-8-,17-14-,18-15-,23-20-,29-25-. The van der Waals surface area contributed by atoms with Crippen molar-refractivity contribution in [1.82, 2.24) is 0 Å². The third kappa shape index (κ3) is 48.0. The van der Waals surface area contributed by atoms with E-state index in [0.717, 1.165) is 103 Å². The van der Waals surface area contributed by atoms with Crippen LogP contribution in [0.25, 0.3) is 0 Å². The first-order valence-electron chi connectivity index (χ1n) is 25.8. The summed E-state index contributed by atoms with van der Waals surface area (Å²) in [5.74, 6) is -0.918. The van der Waals surface area contributed by atoms with E-state index in [4.69, 9.17) is 14.2 Å². The maximum atomic E-state index is 12.8. The highest BCUT2D eigenvalue weighted by Crippen LogP contribution is 2.16. The molecule has 0 fully saturated rings. The van der Waals surface area contributed by atoms with Crippen molar-refractivity contribution in [3.63, 3.8) is 0 Å². The molecule has 0 N–H and O–H groups in total. The summed E-state index contributed by atoms with van der Waals surface area (Å²) in [6, 6.07) is 0. The number of ether oxygens (including phenoxy) is 3. The van der Waals surface area contributed by atoms with Crippen LogP contribution in [0.15, 0.2) is 60.8 Å². The number of hydrogen-bond donors (Lipinski definition) is 0. The van der Waals surface area contributed by atoms with Crippen LogP contribution in [0, 0.1) is 0 Å². The van der Waals surface area contributed by atoms with E-state index in [1.165, 1.54) is 109 Å². The van der Waals surface area contributed by atoms with Crippen LogP contribution in [0.3, 0.4) is 0 Å². The Morgan fingerprint density at radius 1 is 0.344 bits per heavy atom. The van der Waals surface area contributed by atoms with Crippen LogP contribution in [0.5, 0.6) is 0 Å². The highest BCUT2D eigenvalue weighted by atomic mass is 16.6. The van der Waals surface area contributed by atoms with Crippen LogP contribution in [0.1, 0.15) is 252 Å². The van der Waals surface area contributed by atoms with E-state index in [1.54, 1.807) is 0 Å². The molecule has 0 amide bonds. The molecule has 0 bridgehead atoms. The van der Waals surface area contributed by atoms with Gasteiger partial charge in [0, 0.05) is 19.3 Å². The molecule has 6 heteroatoms. The first-order chi connectivity index (χ1) is 30.0. The van der Waals surface area contributed by atoms with Gasteiger partial charge in [0.25, 0.3) is 0 Å². The van der Waals surface area contributed by atoms with Gasteiger partial charge in [0.15, 0.2) is 6.10 Å². The van der Waals surface area contributed by atoms with Gasteiger partial charge in [0.2, 0.25) is 0 Å². The van der Waals surface area contributed by atoms with E-state index < -0.39 is 6.10 Å². The van der Waals surface area contributed by atoms with Crippen LogP contribution < -0.4 is 0 Å². The Morgan fingerprint density at radius 3 is 1.10 bits per heavy atom. The average molecular weight is 853 g/mol. The molecule has 1 atom stereocenters. The maximum Gasteiger partial charge on any atom is 0.306 e. The predicted molar refractivity (Wildman–Crippen MR) is 261 cm³/mol. The molecule has 0 aromatic heterocycles. The topological polar surface area (TPSA) is 78.9 Å². The zero-order valence-corrected chi connectivity index (χ0v) is 40.2. The number of rotatable bonds is 46. The summed E-state index contributed by atoms with van der Waals surface area (Å²) in [6.07, 6.45) is 60.7. The summed E-state index contributed by atoms with van der Waals surface area (Å²) in [5.41, 5.74) is 0. The number of carbonyl (C=O) groups excluding carboxylic acids is 3. The maximum absolute atomic E-state index is 12.8. The molecule has 0 saturated carbocycles. The smallest absolute Gasteiger partial charge is 0.306 e. The van der Waals surface area contributed by atoms with E-state index in [0.29, 0.717) is 19.3 Å². The summed E-state index contributed by atoms with van der Waals surface area (Å²) >= 11 is 0. The molecule has 0 radical (unpaired) electrons. The van der Waals surface area contributed by atoms with Crippen molar-refractivity contribution in [1.29, 1.82) is 0 Å². The molecule has 0 aromatic carbocycles. The lowest BCUT2D eigenvalue weighted by molar-refractivity contribution is -0.167. The first-order valence-corrected chi connectivity index (χ1v) is 25.8. The van der Waals surface area contributed by atoms with Gasteiger partial charge in [0.1, 0.15) is 13.2 Å². The van der Waals surface area contributed by atoms with Gasteiger partial charge in [-0.2, -0.15) is 0 Å². The summed E-state index contributed by atoms with van der Waals surface area (Å²) in [6.45, 7) is 6.44. The van der Waals surface area contributed by atoms with Gasteiger partial charge in [-0.25, -0.2) is 0 Å². The monoisotopic (exact) mass is 853 g/mol. The number of allylic oxidation sites excluding steroid dienone is 10. The highest BCUT2D eigenvalue weighted by Gasteiger charge is 2.19. The second-order valence-electron chi connectivity index (χ2n) is 17.1. The van der Waals surface area contributed by atoms with Crippen LogP contribution in [-0.4, -0.2) is 37.2 Å². The van der Waals surface area contributed by atoms with Gasteiger partial charge in [-0.1, -0.05) is 236 Å². The largest absolute Gasteiger partial charge is 0.462 e. The summed E-state index contributed by atoms with van der Waals surface area (Å²) in [4.78, 5) is 37.9. The molecule has 0 aliphatic carbocycles. The molecule has 0 heterocycles. The number of unbranched alkanes of at least 4 members (excludes halogenated alkanes) is 28. The molecule has 0 aliphatic heterocycles. The van der Waals surface area contributed by atoms with Crippen LogP contribution in [0.4, 0.5) is 0 Å². The van der Waals surface area contributed by atoms with Gasteiger partial charge in [-0.05, 0) is 57.8 Å². The summed E-state index contributed by atoms with van der Waals surface area (Å²) in [5, 5.41) is 0. The molecular weight excluding hydrogens is 757 g/mol. The molecule has 61 heavy (non-hydrogen) atoms.